The van der Waals surface area contributed by atoms with Gasteiger partial charge < -0.3 is 25.0 Å². The molecule has 0 radical (unpaired) electrons. The first kappa shape index (κ1) is 29.4. The molecule has 1 aromatic rings. The number of nitrogens with one attached hydrogen (secondary N) is 2. The lowest BCUT2D eigenvalue weighted by molar-refractivity contribution is -0.142. The third-order valence-electron chi connectivity index (χ3n) is 9.08. The van der Waals surface area contributed by atoms with Gasteiger partial charge in [0.1, 0.15) is 11.6 Å². The Morgan fingerprint density at radius 2 is 1.88 bits per heavy atom. The van der Waals surface area contributed by atoms with E-state index in [-0.39, 0.29) is 29.9 Å². The molecular formula is C30H39Cl2N3O5. The van der Waals surface area contributed by atoms with Gasteiger partial charge in [0.15, 0.2) is 0 Å². The molecule has 8 unspecified atom stereocenters. The molecule has 8 atom stereocenters. The largest absolute Gasteiger partial charge is 0.379 e. The normalized spacial score (nSPS) is 34.4. The standard InChI is InChI=1S/C30H39Cl2N3O5/c1-16(2)39-12-6-11-35-26(28(37)34-22-8-5-7-17(3)18(22)4)30-10-9-23(40-30)24(25(30)29(35)38)27(36)33-21-14-19(31)13-20(32)15-21/h9-10,13-18,22-26H,5-8,11-12H2,1-4H3,(H,33,36)(H,34,37). The van der Waals surface area contributed by atoms with Crippen LogP contribution in [-0.2, 0) is 23.9 Å². The summed E-state index contributed by atoms with van der Waals surface area (Å²) in [5.41, 5.74) is -0.770. The number of likely N-dealkylation sites (tertiary alicyclic amines) is 1. The lowest BCUT2D eigenvalue weighted by atomic mass is 9.73. The molecule has 1 spiro atoms. The Hall–Kier alpha value is -2.13. The van der Waals surface area contributed by atoms with Crippen LogP contribution in [0.25, 0.3) is 0 Å². The molecule has 3 heterocycles. The van der Waals surface area contributed by atoms with Gasteiger partial charge in [-0.3, -0.25) is 14.4 Å². The fourth-order valence-corrected chi connectivity index (χ4v) is 7.49. The van der Waals surface area contributed by atoms with Crippen molar-refractivity contribution >= 4 is 46.6 Å². The van der Waals surface area contributed by atoms with Gasteiger partial charge in [-0.05, 0) is 56.7 Å². The summed E-state index contributed by atoms with van der Waals surface area (Å²) in [6.45, 7) is 9.11. The van der Waals surface area contributed by atoms with Crippen LogP contribution in [0.5, 0.6) is 0 Å². The fraction of sp³-hybridized carbons (Fsp3) is 0.633. The van der Waals surface area contributed by atoms with Gasteiger partial charge in [-0.1, -0.05) is 62.0 Å². The van der Waals surface area contributed by atoms with Crippen molar-refractivity contribution in [2.24, 2.45) is 23.7 Å². The molecule has 0 aromatic heterocycles. The van der Waals surface area contributed by atoms with Gasteiger partial charge >= 0.3 is 0 Å². The molecule has 4 aliphatic rings. The minimum Gasteiger partial charge on any atom is -0.379 e. The van der Waals surface area contributed by atoms with Gasteiger partial charge in [0.25, 0.3) is 0 Å². The third kappa shape index (κ3) is 5.40. The molecule has 2 bridgehead atoms. The number of benzene rings is 1. The van der Waals surface area contributed by atoms with Crippen LogP contribution in [0.15, 0.2) is 30.4 Å². The number of hydrogen-bond acceptors (Lipinski definition) is 5. The highest BCUT2D eigenvalue weighted by molar-refractivity contribution is 6.35. The molecule has 3 fully saturated rings. The molecule has 2 saturated heterocycles. The van der Waals surface area contributed by atoms with E-state index in [2.05, 4.69) is 24.5 Å². The van der Waals surface area contributed by atoms with E-state index < -0.39 is 29.6 Å². The molecular weight excluding hydrogens is 553 g/mol. The highest BCUT2D eigenvalue weighted by Gasteiger charge is 2.72. The van der Waals surface area contributed by atoms with Crippen molar-refractivity contribution in [3.63, 3.8) is 0 Å². The lowest BCUT2D eigenvalue weighted by Crippen LogP contribution is -2.58. The number of anilines is 1. The van der Waals surface area contributed by atoms with Gasteiger partial charge in [0.05, 0.1) is 24.0 Å². The Morgan fingerprint density at radius 3 is 2.58 bits per heavy atom. The highest BCUT2D eigenvalue weighted by atomic mass is 35.5. The Bertz CT molecular complexity index is 1170. The third-order valence-corrected chi connectivity index (χ3v) is 9.52. The zero-order chi connectivity index (χ0) is 28.8. The van der Waals surface area contributed by atoms with Crippen LogP contribution in [0.2, 0.25) is 10.0 Å². The Balaban J connectivity index is 1.41. The molecule has 3 amide bonds. The summed E-state index contributed by atoms with van der Waals surface area (Å²) in [7, 11) is 0. The van der Waals surface area contributed by atoms with Crippen molar-refractivity contribution in [1.82, 2.24) is 10.2 Å². The molecule has 1 saturated carbocycles. The first-order chi connectivity index (χ1) is 19.0. The predicted octanol–water partition coefficient (Wildman–Crippen LogP) is 4.84. The number of hydrogen-bond donors (Lipinski definition) is 2. The maximum absolute atomic E-state index is 14.1. The van der Waals surface area contributed by atoms with Gasteiger partial charge in [-0.15, -0.1) is 0 Å². The summed E-state index contributed by atoms with van der Waals surface area (Å²) in [6.07, 6.45) is 6.78. The Kier molecular flexibility index (Phi) is 8.54. The lowest BCUT2D eigenvalue weighted by Gasteiger charge is -2.38. The zero-order valence-electron chi connectivity index (χ0n) is 23.5. The highest BCUT2D eigenvalue weighted by Crippen LogP contribution is 2.55. The Morgan fingerprint density at radius 1 is 1.15 bits per heavy atom. The summed E-state index contributed by atoms with van der Waals surface area (Å²) >= 11 is 12.3. The van der Waals surface area contributed by atoms with Crippen LogP contribution in [0.3, 0.4) is 0 Å². The van der Waals surface area contributed by atoms with Crippen LogP contribution >= 0.6 is 23.2 Å². The van der Waals surface area contributed by atoms with E-state index in [1.54, 1.807) is 23.1 Å². The van der Waals surface area contributed by atoms with Crippen molar-refractivity contribution < 1.29 is 23.9 Å². The molecule has 40 heavy (non-hydrogen) atoms. The van der Waals surface area contributed by atoms with Crippen LogP contribution in [0.1, 0.15) is 53.4 Å². The maximum atomic E-state index is 14.1. The van der Waals surface area contributed by atoms with Crippen LogP contribution < -0.4 is 10.6 Å². The first-order valence-corrected chi connectivity index (χ1v) is 15.1. The molecule has 8 nitrogen and oxygen atoms in total. The van der Waals surface area contributed by atoms with Crippen molar-refractivity contribution in [2.75, 3.05) is 18.5 Å². The van der Waals surface area contributed by atoms with Crippen molar-refractivity contribution in [2.45, 2.75) is 83.3 Å². The van der Waals surface area contributed by atoms with E-state index in [0.717, 1.165) is 19.3 Å². The smallest absolute Gasteiger partial charge is 0.246 e. The fourth-order valence-electron chi connectivity index (χ4n) is 6.96. The maximum Gasteiger partial charge on any atom is 0.246 e. The van der Waals surface area contributed by atoms with Gasteiger partial charge in [0.2, 0.25) is 17.7 Å². The van der Waals surface area contributed by atoms with E-state index in [1.807, 2.05) is 26.0 Å². The number of ether oxygens (including phenoxy) is 2. The van der Waals surface area contributed by atoms with E-state index in [9.17, 15) is 14.4 Å². The second kappa shape index (κ2) is 11.6. The number of fused-ring (bicyclic) bond motifs is 1. The number of rotatable bonds is 9. The average molecular weight is 593 g/mol. The van der Waals surface area contributed by atoms with Crippen LogP contribution in [0, 0.1) is 23.7 Å². The molecule has 1 aromatic carbocycles. The summed E-state index contributed by atoms with van der Waals surface area (Å²) in [5.74, 6) is -1.61. The number of carbonyl (C=O) groups is 3. The van der Waals surface area contributed by atoms with E-state index in [0.29, 0.717) is 47.1 Å². The van der Waals surface area contributed by atoms with E-state index >= 15 is 0 Å². The SMILES string of the molecule is CC(C)OCCCN1C(=O)C2C(C(=O)Nc3cc(Cl)cc(Cl)c3)C3C=CC2(O3)C1C(=O)NC1CCCC(C)C1C. The molecule has 218 valence electrons. The molecule has 5 rings (SSSR count). The number of carbonyl (C=O) groups excluding carboxylic acids is 3. The average Bonchev–Trinajstić information content (AvgIpc) is 3.51. The molecule has 1 aliphatic carbocycles. The summed E-state index contributed by atoms with van der Waals surface area (Å²) in [4.78, 5) is 43.4. The quantitative estimate of drug-likeness (QED) is 0.316. The van der Waals surface area contributed by atoms with Gasteiger partial charge in [-0.25, -0.2) is 0 Å². The molecule has 10 heteroatoms. The van der Waals surface area contributed by atoms with E-state index in [1.165, 1.54) is 0 Å². The minimum absolute atomic E-state index is 0.0298. The number of amides is 3. The van der Waals surface area contributed by atoms with Crippen molar-refractivity contribution in [3.05, 3.63) is 40.4 Å². The van der Waals surface area contributed by atoms with E-state index in [4.69, 9.17) is 32.7 Å². The first-order valence-electron chi connectivity index (χ1n) is 14.4. The Labute approximate surface area is 246 Å². The molecule has 2 N–H and O–H groups in total. The summed E-state index contributed by atoms with van der Waals surface area (Å²) < 4.78 is 12.1. The van der Waals surface area contributed by atoms with Gasteiger partial charge in [0, 0.05) is 34.9 Å². The number of halogens is 2. The second-order valence-electron chi connectivity index (χ2n) is 12.0. The topological polar surface area (TPSA) is 97.0 Å². The minimum atomic E-state index is -1.21. The summed E-state index contributed by atoms with van der Waals surface area (Å²) in [5, 5.41) is 6.92. The second-order valence-corrected chi connectivity index (χ2v) is 12.9. The van der Waals surface area contributed by atoms with Crippen LogP contribution in [-0.4, -0.2) is 65.7 Å². The molecule has 3 aliphatic heterocycles. The van der Waals surface area contributed by atoms with Crippen molar-refractivity contribution in [3.8, 4) is 0 Å². The summed E-state index contributed by atoms with van der Waals surface area (Å²) in [6, 6.07) is 3.95. The van der Waals surface area contributed by atoms with Crippen molar-refractivity contribution in [1.29, 1.82) is 0 Å². The predicted molar refractivity (Wildman–Crippen MR) is 154 cm³/mol. The monoisotopic (exact) mass is 591 g/mol. The number of nitrogens with zero attached hydrogens (tertiary/aromatic N) is 1. The van der Waals surface area contributed by atoms with Gasteiger partial charge in [-0.2, -0.15) is 0 Å². The van der Waals surface area contributed by atoms with Crippen LogP contribution in [0.4, 0.5) is 5.69 Å². The zero-order valence-corrected chi connectivity index (χ0v) is 25.0.